The van der Waals surface area contributed by atoms with Gasteiger partial charge in [0, 0.05) is 42.7 Å². The van der Waals surface area contributed by atoms with Crippen molar-refractivity contribution in [3.8, 4) is 5.69 Å². The summed E-state index contributed by atoms with van der Waals surface area (Å²) in [5.74, 6) is -2.16. The normalized spacial score (nSPS) is 20.4. The number of likely N-dealkylation sites (N-methyl/N-ethyl adjacent to an activating group) is 1. The summed E-state index contributed by atoms with van der Waals surface area (Å²) in [6.45, 7) is 5.44. The van der Waals surface area contributed by atoms with Gasteiger partial charge in [-0.1, -0.05) is 13.8 Å². The van der Waals surface area contributed by atoms with Crippen LogP contribution in [0.5, 0.6) is 0 Å². The molecule has 46 heavy (non-hydrogen) atoms. The van der Waals surface area contributed by atoms with Crippen LogP contribution in [0.1, 0.15) is 91.3 Å². The first-order valence-electron chi connectivity index (χ1n) is 15.4. The molecule has 2 aromatic rings. The zero-order valence-electron chi connectivity index (χ0n) is 27.3. The van der Waals surface area contributed by atoms with E-state index in [2.05, 4.69) is 5.32 Å². The minimum absolute atomic E-state index is 0.0154. The third-order valence-electron chi connectivity index (χ3n) is 8.33. The largest absolute Gasteiger partial charge is 0.462 e. The molecule has 0 spiro atoms. The van der Waals surface area contributed by atoms with E-state index in [9.17, 15) is 32.3 Å². The van der Waals surface area contributed by atoms with Crippen molar-refractivity contribution in [1.29, 1.82) is 0 Å². The van der Waals surface area contributed by atoms with E-state index in [4.69, 9.17) is 15.2 Å². The number of esters is 2. The highest BCUT2D eigenvalue weighted by Gasteiger charge is 2.43. The number of amides is 1. The van der Waals surface area contributed by atoms with Crippen LogP contribution in [0.15, 0.2) is 24.4 Å². The number of benzene rings is 1. The minimum atomic E-state index is -4.71. The lowest BCUT2D eigenvalue weighted by Crippen LogP contribution is -2.44. The van der Waals surface area contributed by atoms with Crippen molar-refractivity contribution < 1.29 is 46.3 Å². The van der Waals surface area contributed by atoms with Crippen molar-refractivity contribution in [2.75, 3.05) is 33.0 Å². The molecule has 13 heteroatoms. The molecule has 1 fully saturated rings. The van der Waals surface area contributed by atoms with Crippen molar-refractivity contribution in [2.24, 2.45) is 11.1 Å². The van der Waals surface area contributed by atoms with Crippen molar-refractivity contribution in [1.82, 2.24) is 4.57 Å². The summed E-state index contributed by atoms with van der Waals surface area (Å²) >= 11 is 0. The Morgan fingerprint density at radius 3 is 2.33 bits per heavy atom. The van der Waals surface area contributed by atoms with Crippen LogP contribution in [-0.2, 0) is 31.7 Å². The number of nitrogens with one attached hydrogen (secondary N) is 1. The van der Waals surface area contributed by atoms with E-state index in [0.717, 1.165) is 6.20 Å². The Morgan fingerprint density at radius 1 is 1.11 bits per heavy atom. The van der Waals surface area contributed by atoms with Gasteiger partial charge in [0.05, 0.1) is 44.3 Å². The predicted molar refractivity (Wildman–Crippen MR) is 165 cm³/mol. The molecule has 1 aromatic carbocycles. The number of nitrogens with two attached hydrogens (primary N) is 1. The van der Waals surface area contributed by atoms with Gasteiger partial charge in [0.2, 0.25) is 0 Å². The Labute approximate surface area is 267 Å². The molecular weight excluding hydrogens is 605 g/mol. The molecule has 252 valence electrons. The Kier molecular flexibility index (Phi) is 9.96. The van der Waals surface area contributed by atoms with Gasteiger partial charge in [-0.25, -0.2) is 0 Å². The number of rotatable bonds is 10. The molecule has 1 amide bonds. The molecule has 0 bridgehead atoms. The van der Waals surface area contributed by atoms with E-state index in [-0.39, 0.29) is 48.2 Å². The zero-order chi connectivity index (χ0) is 34.2. The number of hydrogen-bond donors (Lipinski definition) is 2. The number of ketones is 1. The van der Waals surface area contributed by atoms with Crippen LogP contribution in [-0.4, -0.2) is 78.6 Å². The van der Waals surface area contributed by atoms with E-state index < -0.39 is 46.9 Å². The van der Waals surface area contributed by atoms with E-state index in [1.165, 1.54) is 23.6 Å². The molecule has 1 heterocycles. The van der Waals surface area contributed by atoms with Crippen LogP contribution < -0.4 is 11.1 Å². The van der Waals surface area contributed by atoms with Crippen LogP contribution in [0.2, 0.25) is 0 Å². The Bertz CT molecular complexity index is 1500. The molecule has 2 aliphatic rings. The molecular formula is C33H44F3N4O6+. The summed E-state index contributed by atoms with van der Waals surface area (Å²) in [7, 11) is 5.80. The Hall–Kier alpha value is -3.87. The fourth-order valence-corrected chi connectivity index (χ4v) is 6.49. The van der Waals surface area contributed by atoms with Crippen LogP contribution in [0.3, 0.4) is 0 Å². The van der Waals surface area contributed by atoms with Crippen molar-refractivity contribution >= 4 is 29.3 Å². The van der Waals surface area contributed by atoms with E-state index >= 15 is 0 Å². The molecule has 4 rings (SSSR count). The van der Waals surface area contributed by atoms with Gasteiger partial charge in [-0.05, 0) is 55.7 Å². The molecule has 0 radical (unpaired) electrons. The highest BCUT2D eigenvalue weighted by atomic mass is 19.4. The van der Waals surface area contributed by atoms with Crippen molar-refractivity contribution in [2.45, 2.75) is 90.1 Å². The molecule has 1 aromatic heterocycles. The maximum absolute atomic E-state index is 14.0. The first-order valence-corrected chi connectivity index (χ1v) is 15.4. The number of carbonyl (C=O) groups excluding carboxylic acids is 4. The van der Waals surface area contributed by atoms with Gasteiger partial charge in [0.25, 0.3) is 5.91 Å². The van der Waals surface area contributed by atoms with Gasteiger partial charge in [0.1, 0.15) is 12.6 Å². The summed E-state index contributed by atoms with van der Waals surface area (Å²) in [5.41, 5.74) is 5.05. The lowest BCUT2D eigenvalue weighted by Gasteiger charge is -2.31. The van der Waals surface area contributed by atoms with Crippen LogP contribution in [0.25, 0.3) is 5.69 Å². The van der Waals surface area contributed by atoms with Crippen LogP contribution >= 0.6 is 0 Å². The van der Waals surface area contributed by atoms with Gasteiger partial charge in [-0.15, -0.1) is 0 Å². The summed E-state index contributed by atoms with van der Waals surface area (Å²) in [5, 5.41) is 3.33. The lowest BCUT2D eigenvalue weighted by atomic mass is 9.75. The predicted octanol–water partition coefficient (Wildman–Crippen LogP) is 5.04. The fraction of sp³-hybridized carbons (Fsp3) is 0.576. The Morgan fingerprint density at radius 2 is 1.76 bits per heavy atom. The highest BCUT2D eigenvalue weighted by molar-refractivity contribution is 6.01. The maximum Gasteiger partial charge on any atom is 0.418 e. The smallest absolute Gasteiger partial charge is 0.418 e. The Balaban J connectivity index is 1.49. The van der Waals surface area contributed by atoms with Gasteiger partial charge in [0.15, 0.2) is 11.9 Å². The number of hydrogen-bond acceptors (Lipinski definition) is 7. The number of carbonyl (C=O) groups is 4. The fourth-order valence-electron chi connectivity index (χ4n) is 6.49. The van der Waals surface area contributed by atoms with Crippen molar-refractivity contribution in [3.63, 3.8) is 0 Å². The molecule has 0 saturated heterocycles. The number of aromatic nitrogens is 1. The summed E-state index contributed by atoms with van der Waals surface area (Å²) < 4.78 is 55.0. The summed E-state index contributed by atoms with van der Waals surface area (Å²) in [6, 6.07) is 4.45. The van der Waals surface area contributed by atoms with Crippen molar-refractivity contribution in [3.05, 3.63) is 46.8 Å². The summed E-state index contributed by atoms with van der Waals surface area (Å²) in [4.78, 5) is 49.4. The van der Waals surface area contributed by atoms with Gasteiger partial charge in [-0.3, -0.25) is 19.2 Å². The standard InChI is InChI=1S/C33H43F3N4O6/c1-19(41)45-23(18-40(4,5)6)14-29(43)46-22-10-7-20(8-11-22)38-26-13-21(9-12-24(26)31(37)44)39-17-25(33(34,35)36)30-27(39)15-32(2,3)16-28(30)42/h9,12-13,17,20,22-23H,7-8,10-11,14-16,18H2,1-6H3,(H2-,37,38,44)/p+1. The zero-order valence-corrected chi connectivity index (χ0v) is 27.3. The monoisotopic (exact) mass is 649 g/mol. The topological polar surface area (TPSA) is 130 Å². The number of Topliss-reactive ketones (excluding diaryl/α,β-unsaturated/α-hetero) is 1. The van der Waals surface area contributed by atoms with Gasteiger partial charge < -0.3 is 29.6 Å². The second-order valence-electron chi connectivity index (χ2n) is 14.3. The highest BCUT2D eigenvalue weighted by Crippen LogP contribution is 2.43. The minimum Gasteiger partial charge on any atom is -0.462 e. The second-order valence-corrected chi connectivity index (χ2v) is 14.3. The molecule has 10 nitrogen and oxygen atoms in total. The van der Waals surface area contributed by atoms with Gasteiger partial charge in [-0.2, -0.15) is 13.2 Å². The number of fused-ring (bicyclic) bond motifs is 1. The average molecular weight is 650 g/mol. The van der Waals surface area contributed by atoms with Gasteiger partial charge >= 0.3 is 18.1 Å². The second kappa shape index (κ2) is 13.1. The first kappa shape index (κ1) is 35.0. The quantitative estimate of drug-likeness (QED) is 0.272. The molecule has 2 aliphatic carbocycles. The molecule has 0 aliphatic heterocycles. The molecule has 1 saturated carbocycles. The number of nitrogens with zero attached hydrogens (tertiary/aromatic N) is 2. The molecule has 1 atom stereocenters. The third-order valence-corrected chi connectivity index (χ3v) is 8.33. The number of anilines is 1. The van der Waals surface area contributed by atoms with Crippen LogP contribution in [0, 0.1) is 5.41 Å². The molecule has 1 unspecified atom stereocenters. The maximum atomic E-state index is 14.0. The van der Waals surface area contributed by atoms with Crippen LogP contribution in [0.4, 0.5) is 18.9 Å². The summed E-state index contributed by atoms with van der Waals surface area (Å²) in [6.07, 6.45) is -2.20. The SMILES string of the molecule is CC(=O)OC(CC(=O)OC1CCC(Nc2cc(-n3cc(C(F)(F)F)c4c3CC(C)(C)CC4=O)ccc2C(N)=O)CC1)C[N+](C)(C)C. The molecule has 3 N–H and O–H groups in total. The van der Waals surface area contributed by atoms with E-state index in [0.29, 0.717) is 48.1 Å². The number of primary amides is 1. The number of ether oxygens (including phenoxy) is 2. The first-order chi connectivity index (χ1) is 21.2. The lowest BCUT2D eigenvalue weighted by molar-refractivity contribution is -0.873. The number of halogens is 3. The van der Waals surface area contributed by atoms with E-state index in [1.54, 1.807) is 6.07 Å². The average Bonchev–Trinajstić information content (AvgIpc) is 3.27. The number of alkyl halides is 3. The third kappa shape index (κ3) is 8.68. The number of quaternary nitrogens is 1. The van der Waals surface area contributed by atoms with E-state index in [1.807, 2.05) is 35.0 Å².